The van der Waals surface area contributed by atoms with Crippen molar-refractivity contribution in [3.05, 3.63) is 0 Å². The summed E-state index contributed by atoms with van der Waals surface area (Å²) < 4.78 is 5.41. The van der Waals surface area contributed by atoms with Gasteiger partial charge in [-0.05, 0) is 33.6 Å². The molecule has 0 aromatic heterocycles. The molecule has 0 saturated carbocycles. The molecule has 0 bridgehead atoms. The minimum atomic E-state index is -1.08. The van der Waals surface area contributed by atoms with Gasteiger partial charge in [0, 0.05) is 23.9 Å². The maximum atomic E-state index is 12.3. The van der Waals surface area contributed by atoms with E-state index >= 15 is 0 Å². The van der Waals surface area contributed by atoms with Gasteiger partial charge < -0.3 is 15.2 Å². The highest BCUT2D eigenvalue weighted by Crippen LogP contribution is 2.38. The van der Waals surface area contributed by atoms with Crippen molar-refractivity contribution in [2.24, 2.45) is 5.92 Å². The zero-order valence-electron chi connectivity index (χ0n) is 14.9. The molecule has 2 atom stereocenters. The summed E-state index contributed by atoms with van der Waals surface area (Å²) in [5.74, 6) is -1.28. The summed E-state index contributed by atoms with van der Waals surface area (Å²) in [5, 5.41) is 25.0. The second-order valence-corrected chi connectivity index (χ2v) is 7.70. The topological polar surface area (TPSA) is 98.8 Å². The molecular formula is C16H29N2O5. The van der Waals surface area contributed by atoms with Gasteiger partial charge in [0.2, 0.25) is 0 Å². The number of ether oxygens (including phenoxy) is 1. The number of aliphatic carboxylic acids is 1. The van der Waals surface area contributed by atoms with Crippen LogP contribution in [0.3, 0.4) is 0 Å². The average molecular weight is 329 g/mol. The first-order valence-corrected chi connectivity index (χ1v) is 8.08. The van der Waals surface area contributed by atoms with Crippen molar-refractivity contribution in [2.75, 3.05) is 0 Å². The van der Waals surface area contributed by atoms with Gasteiger partial charge in [-0.25, -0.2) is 9.59 Å². The van der Waals surface area contributed by atoms with E-state index in [0.717, 1.165) is 5.06 Å². The van der Waals surface area contributed by atoms with Crippen LogP contribution < -0.4 is 5.32 Å². The Morgan fingerprint density at radius 3 is 2.13 bits per heavy atom. The first-order valence-electron chi connectivity index (χ1n) is 8.08. The number of rotatable bonds is 5. The number of hydroxylamine groups is 2. The Balaban J connectivity index is 2.72. The van der Waals surface area contributed by atoms with E-state index in [1.54, 1.807) is 6.92 Å². The molecule has 0 unspecified atom stereocenters. The number of nitrogens with one attached hydrogen (secondary N) is 1. The fourth-order valence-electron chi connectivity index (χ4n) is 3.25. The molecule has 1 fully saturated rings. The van der Waals surface area contributed by atoms with Crippen molar-refractivity contribution in [3.63, 3.8) is 0 Å². The normalized spacial score (nSPS) is 23.8. The lowest BCUT2D eigenvalue weighted by atomic mass is 9.80. The molecule has 23 heavy (non-hydrogen) atoms. The number of carboxylic acid groups (broad SMARTS) is 1. The summed E-state index contributed by atoms with van der Waals surface area (Å²) in [4.78, 5) is 23.3. The van der Waals surface area contributed by atoms with Crippen LogP contribution >= 0.6 is 0 Å². The molecule has 7 heteroatoms. The van der Waals surface area contributed by atoms with Gasteiger partial charge in [0.15, 0.2) is 0 Å². The quantitative estimate of drug-likeness (QED) is 0.807. The summed E-state index contributed by atoms with van der Waals surface area (Å²) in [5.41, 5.74) is -1.29. The number of hydrogen-bond donors (Lipinski definition) is 2. The average Bonchev–Trinajstić information content (AvgIpc) is 2.40. The highest BCUT2D eigenvalue weighted by Gasteiger charge is 2.47. The van der Waals surface area contributed by atoms with Crippen LogP contribution in [0.1, 0.15) is 60.8 Å². The van der Waals surface area contributed by atoms with E-state index in [4.69, 9.17) is 4.74 Å². The number of hydrogen-bond acceptors (Lipinski definition) is 4. The molecule has 0 aliphatic carbocycles. The Morgan fingerprint density at radius 2 is 1.74 bits per heavy atom. The van der Waals surface area contributed by atoms with Gasteiger partial charge in [-0.15, -0.1) is 10.3 Å². The fraction of sp³-hybridized carbons (Fsp3) is 0.875. The zero-order chi connectivity index (χ0) is 18.0. The summed E-state index contributed by atoms with van der Waals surface area (Å²) in [6, 6.07) is -0.979. The molecule has 2 N–H and O–H groups in total. The van der Waals surface area contributed by atoms with Gasteiger partial charge in [-0.1, -0.05) is 20.3 Å². The number of carboxylic acids is 1. The van der Waals surface area contributed by atoms with E-state index in [2.05, 4.69) is 5.32 Å². The molecular weight excluding hydrogens is 300 g/mol. The number of carbonyl (C=O) groups is 2. The number of amides is 1. The van der Waals surface area contributed by atoms with Crippen LogP contribution in [0, 0.1) is 5.92 Å². The Bertz CT molecular complexity index is 432. The van der Waals surface area contributed by atoms with Crippen LogP contribution in [0.25, 0.3) is 0 Å². The van der Waals surface area contributed by atoms with Crippen LogP contribution in [-0.4, -0.2) is 45.5 Å². The van der Waals surface area contributed by atoms with Crippen LogP contribution in [0.4, 0.5) is 4.79 Å². The first kappa shape index (κ1) is 19.7. The molecule has 1 aliphatic rings. The zero-order valence-corrected chi connectivity index (χ0v) is 14.9. The summed E-state index contributed by atoms with van der Waals surface area (Å²) in [7, 11) is 0. The van der Waals surface area contributed by atoms with Crippen LogP contribution in [0.2, 0.25) is 0 Å². The maximum Gasteiger partial charge on any atom is 0.408 e. The van der Waals surface area contributed by atoms with Crippen LogP contribution in [0.5, 0.6) is 0 Å². The maximum absolute atomic E-state index is 12.3. The highest BCUT2D eigenvalue weighted by molar-refractivity contribution is 5.80. The molecule has 0 aromatic rings. The Labute approximate surface area is 137 Å². The predicted molar refractivity (Wildman–Crippen MR) is 84.2 cm³/mol. The highest BCUT2D eigenvalue weighted by atomic mass is 16.6. The van der Waals surface area contributed by atoms with Gasteiger partial charge in [-0.2, -0.15) is 0 Å². The van der Waals surface area contributed by atoms with Crippen molar-refractivity contribution in [2.45, 2.75) is 84.0 Å². The van der Waals surface area contributed by atoms with Crippen molar-refractivity contribution in [1.82, 2.24) is 10.4 Å². The van der Waals surface area contributed by atoms with Gasteiger partial charge in [-0.3, -0.25) is 0 Å². The smallest absolute Gasteiger partial charge is 0.408 e. The van der Waals surface area contributed by atoms with Gasteiger partial charge in [0.1, 0.15) is 12.1 Å². The third kappa shape index (κ3) is 4.81. The standard InChI is InChI=1S/C16H29N2O5/c1-7-10(2)12(13(19)20)17-14(21)23-11-8-15(3,4)18(22)16(5,6)9-11/h10-12H,7-9H2,1-6H3,(H,17,21)(H,19,20)/t10-,12-/m0/s1. The third-order valence-electron chi connectivity index (χ3n) is 4.58. The molecule has 1 amide bonds. The summed E-state index contributed by atoms with van der Waals surface area (Å²) in [6.45, 7) is 10.9. The van der Waals surface area contributed by atoms with Crippen molar-refractivity contribution in [3.8, 4) is 0 Å². The number of piperidine rings is 1. The molecule has 0 aromatic carbocycles. The lowest BCUT2D eigenvalue weighted by Crippen LogP contribution is -2.60. The Morgan fingerprint density at radius 1 is 1.26 bits per heavy atom. The third-order valence-corrected chi connectivity index (χ3v) is 4.58. The lowest BCUT2D eigenvalue weighted by molar-refractivity contribution is -0.298. The van der Waals surface area contributed by atoms with Gasteiger partial charge >= 0.3 is 12.1 Å². The van der Waals surface area contributed by atoms with E-state index < -0.39 is 35.3 Å². The SMILES string of the molecule is CC[C@H](C)[C@H](NC(=O)OC1CC(C)(C)N([O])C(C)(C)C1)C(=O)O. The molecule has 1 heterocycles. The minimum Gasteiger partial charge on any atom is -0.480 e. The molecule has 133 valence electrons. The molecule has 1 aliphatic heterocycles. The van der Waals surface area contributed by atoms with E-state index in [1.165, 1.54) is 0 Å². The summed E-state index contributed by atoms with van der Waals surface area (Å²) >= 11 is 0. The molecule has 0 spiro atoms. The Hall–Kier alpha value is -1.34. The van der Waals surface area contributed by atoms with Gasteiger partial charge in [0.05, 0.1) is 0 Å². The predicted octanol–water partition coefficient (Wildman–Crippen LogP) is 2.58. The van der Waals surface area contributed by atoms with E-state index in [-0.39, 0.29) is 5.92 Å². The monoisotopic (exact) mass is 329 g/mol. The van der Waals surface area contributed by atoms with Crippen LogP contribution in [0.15, 0.2) is 0 Å². The molecule has 7 nitrogen and oxygen atoms in total. The second kappa shape index (κ2) is 7.05. The van der Waals surface area contributed by atoms with E-state index in [0.29, 0.717) is 19.3 Å². The van der Waals surface area contributed by atoms with Crippen molar-refractivity contribution < 1.29 is 24.6 Å². The molecule has 1 radical (unpaired) electrons. The van der Waals surface area contributed by atoms with E-state index in [1.807, 2.05) is 34.6 Å². The van der Waals surface area contributed by atoms with E-state index in [9.17, 15) is 19.9 Å². The largest absolute Gasteiger partial charge is 0.480 e. The fourth-order valence-corrected chi connectivity index (χ4v) is 3.25. The van der Waals surface area contributed by atoms with Crippen molar-refractivity contribution in [1.29, 1.82) is 0 Å². The van der Waals surface area contributed by atoms with Crippen LogP contribution in [-0.2, 0) is 14.7 Å². The minimum absolute atomic E-state index is 0.198. The van der Waals surface area contributed by atoms with Gasteiger partial charge in [0.25, 0.3) is 0 Å². The summed E-state index contributed by atoms with van der Waals surface area (Å²) in [6.07, 6.45) is 0.291. The first-order chi connectivity index (χ1) is 10.4. The lowest BCUT2D eigenvalue weighted by Gasteiger charge is -2.49. The number of alkyl carbamates (subject to hydrolysis) is 1. The number of carbonyl (C=O) groups excluding carboxylic acids is 1. The Kier molecular flexibility index (Phi) is 6.04. The second-order valence-electron chi connectivity index (χ2n) is 7.70. The molecule has 1 rings (SSSR count). The molecule has 1 saturated heterocycles. The van der Waals surface area contributed by atoms with Crippen molar-refractivity contribution >= 4 is 12.1 Å². The number of nitrogens with zero attached hydrogens (tertiary/aromatic N) is 1.